The molecular weight excluding hydrogens is 262 g/mol. The average Bonchev–Trinajstić information content (AvgIpc) is 2.36. The molecule has 0 radical (unpaired) electrons. The van der Waals surface area contributed by atoms with Crippen LogP contribution in [0, 0.1) is 0 Å². The zero-order valence-corrected chi connectivity index (χ0v) is 11.6. The lowest BCUT2D eigenvalue weighted by Crippen LogP contribution is -2.46. The molecule has 0 aliphatic carbocycles. The quantitative estimate of drug-likeness (QED) is 0.814. The van der Waals surface area contributed by atoms with Gasteiger partial charge < -0.3 is 10.0 Å². The summed E-state index contributed by atoms with van der Waals surface area (Å²) in [4.78, 5) is 10.7. The molecule has 2 aromatic rings. The molecule has 1 unspecified atom stereocenters. The normalized spacial score (nSPS) is 23.8. The molecule has 1 aliphatic rings. The largest absolute Gasteiger partial charge is 0.388 e. The van der Waals surface area contributed by atoms with Crippen LogP contribution in [0.1, 0.15) is 19.8 Å². The number of benzene rings is 1. The molecule has 1 fully saturated rings. The van der Waals surface area contributed by atoms with Crippen molar-refractivity contribution in [3.8, 4) is 0 Å². The first-order valence-electron chi connectivity index (χ1n) is 6.45. The molecular formula is C14H16ClN3O. The smallest absolute Gasteiger partial charge is 0.224 e. The van der Waals surface area contributed by atoms with Crippen molar-refractivity contribution < 1.29 is 5.11 Å². The number of para-hydroxylation sites is 1. The molecule has 1 aromatic carbocycles. The van der Waals surface area contributed by atoms with Crippen LogP contribution in [0.3, 0.4) is 0 Å². The molecule has 19 heavy (non-hydrogen) atoms. The van der Waals surface area contributed by atoms with Gasteiger partial charge in [-0.1, -0.05) is 12.1 Å². The first-order chi connectivity index (χ1) is 9.05. The summed E-state index contributed by atoms with van der Waals surface area (Å²) < 4.78 is 0. The van der Waals surface area contributed by atoms with E-state index in [2.05, 4.69) is 14.9 Å². The van der Waals surface area contributed by atoms with Gasteiger partial charge in [0, 0.05) is 18.5 Å². The first kappa shape index (κ1) is 12.6. The molecule has 1 N–H and O–H groups in total. The maximum Gasteiger partial charge on any atom is 0.224 e. The molecule has 1 atom stereocenters. The Hall–Kier alpha value is -1.39. The molecule has 1 aliphatic heterocycles. The van der Waals surface area contributed by atoms with E-state index in [1.807, 2.05) is 31.2 Å². The number of fused-ring (bicyclic) bond motifs is 1. The number of piperidine rings is 1. The molecule has 1 saturated heterocycles. The van der Waals surface area contributed by atoms with Gasteiger partial charge in [-0.2, -0.15) is 4.98 Å². The van der Waals surface area contributed by atoms with Gasteiger partial charge in [0.05, 0.1) is 11.1 Å². The van der Waals surface area contributed by atoms with Gasteiger partial charge in [0.25, 0.3) is 0 Å². The molecule has 0 saturated carbocycles. The van der Waals surface area contributed by atoms with E-state index in [4.69, 9.17) is 11.6 Å². The molecule has 100 valence electrons. The lowest BCUT2D eigenvalue weighted by atomic mass is 9.95. The second-order valence-electron chi connectivity index (χ2n) is 5.36. The molecule has 0 amide bonds. The molecule has 4 nitrogen and oxygen atoms in total. The van der Waals surface area contributed by atoms with Gasteiger partial charge in [-0.3, -0.25) is 0 Å². The Morgan fingerprint density at radius 3 is 2.89 bits per heavy atom. The van der Waals surface area contributed by atoms with E-state index < -0.39 is 5.60 Å². The van der Waals surface area contributed by atoms with Crippen LogP contribution < -0.4 is 4.90 Å². The van der Waals surface area contributed by atoms with Crippen LogP contribution in [0.15, 0.2) is 24.3 Å². The summed E-state index contributed by atoms with van der Waals surface area (Å²) in [5.41, 5.74) is 0.166. The zero-order chi connectivity index (χ0) is 13.5. The van der Waals surface area contributed by atoms with Gasteiger partial charge in [0.15, 0.2) is 0 Å². The minimum absolute atomic E-state index is 0.249. The van der Waals surface area contributed by atoms with Gasteiger partial charge in [-0.15, -0.1) is 0 Å². The molecule has 5 heteroatoms. The summed E-state index contributed by atoms with van der Waals surface area (Å²) in [6.07, 6.45) is 1.77. The van der Waals surface area contributed by atoms with Crippen molar-refractivity contribution in [2.24, 2.45) is 0 Å². The summed E-state index contributed by atoms with van der Waals surface area (Å²) in [6.45, 7) is 3.32. The Kier molecular flexibility index (Phi) is 3.07. The van der Waals surface area contributed by atoms with E-state index in [9.17, 15) is 5.11 Å². The van der Waals surface area contributed by atoms with E-state index in [0.717, 1.165) is 36.1 Å². The Morgan fingerprint density at radius 2 is 2.11 bits per heavy atom. The highest BCUT2D eigenvalue weighted by molar-refractivity contribution is 6.28. The number of nitrogens with zero attached hydrogens (tertiary/aromatic N) is 3. The Balaban J connectivity index is 2.09. The van der Waals surface area contributed by atoms with E-state index in [1.54, 1.807) is 0 Å². The Bertz CT molecular complexity index is 615. The van der Waals surface area contributed by atoms with Crippen molar-refractivity contribution in [1.82, 2.24) is 9.97 Å². The van der Waals surface area contributed by atoms with E-state index >= 15 is 0 Å². The summed E-state index contributed by atoms with van der Waals surface area (Å²) in [7, 11) is 0. The van der Waals surface area contributed by atoms with Crippen molar-refractivity contribution in [3.63, 3.8) is 0 Å². The van der Waals surface area contributed by atoms with Crippen LogP contribution in [0.5, 0.6) is 0 Å². The number of anilines is 1. The molecule has 2 heterocycles. The highest BCUT2D eigenvalue weighted by Gasteiger charge is 2.30. The zero-order valence-electron chi connectivity index (χ0n) is 10.8. The maximum atomic E-state index is 10.2. The van der Waals surface area contributed by atoms with Crippen molar-refractivity contribution in [3.05, 3.63) is 29.5 Å². The number of rotatable bonds is 1. The predicted molar refractivity (Wildman–Crippen MR) is 76.6 cm³/mol. The van der Waals surface area contributed by atoms with Gasteiger partial charge >= 0.3 is 0 Å². The van der Waals surface area contributed by atoms with Crippen LogP contribution in [0.4, 0.5) is 5.82 Å². The number of hydrogen-bond donors (Lipinski definition) is 1. The maximum absolute atomic E-state index is 10.2. The van der Waals surface area contributed by atoms with Crippen LogP contribution in [0.25, 0.3) is 10.9 Å². The third kappa shape index (κ3) is 2.51. The van der Waals surface area contributed by atoms with Crippen molar-refractivity contribution >= 4 is 28.3 Å². The summed E-state index contributed by atoms with van der Waals surface area (Å²) >= 11 is 6.00. The van der Waals surface area contributed by atoms with Gasteiger partial charge in [0.1, 0.15) is 5.82 Å². The monoisotopic (exact) mass is 277 g/mol. The lowest BCUT2D eigenvalue weighted by molar-refractivity contribution is 0.0448. The van der Waals surface area contributed by atoms with E-state index in [1.165, 1.54) is 0 Å². The molecule has 0 spiro atoms. The number of aromatic nitrogens is 2. The fourth-order valence-corrected chi connectivity index (χ4v) is 2.85. The third-order valence-electron chi connectivity index (χ3n) is 3.53. The minimum atomic E-state index is -0.670. The Labute approximate surface area is 117 Å². The van der Waals surface area contributed by atoms with Crippen molar-refractivity contribution in [2.75, 3.05) is 18.0 Å². The van der Waals surface area contributed by atoms with Crippen LogP contribution >= 0.6 is 11.6 Å². The molecule has 3 rings (SSSR count). The third-order valence-corrected chi connectivity index (χ3v) is 3.70. The topological polar surface area (TPSA) is 49.2 Å². The SMILES string of the molecule is CC1(O)CCCN(c2nc(Cl)nc3ccccc23)C1. The van der Waals surface area contributed by atoms with E-state index in [0.29, 0.717) is 6.54 Å². The van der Waals surface area contributed by atoms with Crippen LogP contribution in [0.2, 0.25) is 5.28 Å². The number of hydrogen-bond acceptors (Lipinski definition) is 4. The average molecular weight is 278 g/mol. The lowest BCUT2D eigenvalue weighted by Gasteiger charge is -2.37. The fraction of sp³-hybridized carbons (Fsp3) is 0.429. The second-order valence-corrected chi connectivity index (χ2v) is 5.69. The number of halogens is 1. The predicted octanol–water partition coefficient (Wildman–Crippen LogP) is 2.63. The summed E-state index contributed by atoms with van der Waals surface area (Å²) in [5, 5.41) is 11.5. The standard InChI is InChI=1S/C14H16ClN3O/c1-14(19)7-4-8-18(9-14)12-10-5-2-3-6-11(10)16-13(15)17-12/h2-3,5-6,19H,4,7-9H2,1H3. The minimum Gasteiger partial charge on any atom is -0.388 e. The molecule has 0 bridgehead atoms. The van der Waals surface area contributed by atoms with Crippen molar-refractivity contribution in [2.45, 2.75) is 25.4 Å². The van der Waals surface area contributed by atoms with Gasteiger partial charge in [-0.25, -0.2) is 4.98 Å². The van der Waals surface area contributed by atoms with E-state index in [-0.39, 0.29) is 5.28 Å². The summed E-state index contributed by atoms with van der Waals surface area (Å²) in [5.74, 6) is 0.815. The first-order valence-corrected chi connectivity index (χ1v) is 6.83. The molecule has 1 aromatic heterocycles. The fourth-order valence-electron chi connectivity index (χ4n) is 2.67. The van der Waals surface area contributed by atoms with Crippen LogP contribution in [-0.2, 0) is 0 Å². The Morgan fingerprint density at radius 1 is 1.32 bits per heavy atom. The number of aliphatic hydroxyl groups is 1. The number of β-amino-alcohol motifs (C(OH)–C–C–N with tert-alkyl or cyclic N) is 1. The highest BCUT2D eigenvalue weighted by Crippen LogP contribution is 2.30. The summed E-state index contributed by atoms with van der Waals surface area (Å²) in [6, 6.07) is 7.81. The highest BCUT2D eigenvalue weighted by atomic mass is 35.5. The van der Waals surface area contributed by atoms with Gasteiger partial charge in [0.2, 0.25) is 5.28 Å². The second kappa shape index (κ2) is 4.62. The van der Waals surface area contributed by atoms with Crippen LogP contribution in [-0.4, -0.2) is 33.8 Å². The van der Waals surface area contributed by atoms with Gasteiger partial charge in [-0.05, 0) is 43.5 Å². The van der Waals surface area contributed by atoms with Crippen molar-refractivity contribution in [1.29, 1.82) is 0 Å².